The van der Waals surface area contributed by atoms with Crippen molar-refractivity contribution in [1.82, 2.24) is 0 Å². The van der Waals surface area contributed by atoms with Gasteiger partial charge in [-0.3, -0.25) is 14.9 Å². The van der Waals surface area contributed by atoms with Crippen molar-refractivity contribution in [3.8, 4) is 0 Å². The van der Waals surface area contributed by atoms with E-state index in [0.717, 1.165) is 24.1 Å². The summed E-state index contributed by atoms with van der Waals surface area (Å²) in [6.07, 6.45) is 1.69. The Balaban J connectivity index is 1.94. The second-order valence-corrected chi connectivity index (χ2v) is 5.51. The van der Waals surface area contributed by atoms with Crippen LogP contribution < -0.4 is 4.90 Å². The van der Waals surface area contributed by atoms with E-state index in [4.69, 9.17) is 11.6 Å². The van der Waals surface area contributed by atoms with Gasteiger partial charge in [-0.05, 0) is 42.7 Å². The molecule has 2 aromatic carbocycles. The maximum Gasteiger partial charge on any atom is 0.269 e. The highest BCUT2D eigenvalue weighted by atomic mass is 35.5. The van der Waals surface area contributed by atoms with Crippen LogP contribution in [0.2, 0.25) is 5.02 Å². The normalized spacial score (nSPS) is 13.6. The molecule has 0 spiro atoms. The molecular formula is C16H13ClN2O3. The number of non-ortho nitro benzene ring substituents is 1. The highest BCUT2D eigenvalue weighted by Gasteiger charge is 2.25. The van der Waals surface area contributed by atoms with Crippen molar-refractivity contribution in [2.75, 3.05) is 11.4 Å². The average Bonchev–Trinajstić information content (AvgIpc) is 2.54. The number of nitro benzene ring substituents is 1. The Labute approximate surface area is 132 Å². The first-order valence-electron chi connectivity index (χ1n) is 6.91. The summed E-state index contributed by atoms with van der Waals surface area (Å²) >= 11 is 6.20. The lowest BCUT2D eigenvalue weighted by molar-refractivity contribution is -0.384. The predicted molar refractivity (Wildman–Crippen MR) is 84.5 cm³/mol. The van der Waals surface area contributed by atoms with Crippen molar-refractivity contribution in [2.24, 2.45) is 0 Å². The number of rotatable bonds is 2. The van der Waals surface area contributed by atoms with Crippen LogP contribution in [-0.2, 0) is 6.42 Å². The van der Waals surface area contributed by atoms with E-state index in [1.807, 2.05) is 18.2 Å². The number of nitrogens with zero attached hydrogens (tertiary/aromatic N) is 2. The van der Waals surface area contributed by atoms with E-state index in [9.17, 15) is 14.9 Å². The minimum absolute atomic E-state index is 0.0290. The fourth-order valence-electron chi connectivity index (χ4n) is 2.67. The van der Waals surface area contributed by atoms with Crippen molar-refractivity contribution < 1.29 is 9.72 Å². The molecule has 0 N–H and O–H groups in total. The summed E-state index contributed by atoms with van der Waals surface area (Å²) in [7, 11) is 0. The Bertz CT molecular complexity index is 744. The van der Waals surface area contributed by atoms with E-state index in [0.29, 0.717) is 17.1 Å². The van der Waals surface area contributed by atoms with Gasteiger partial charge < -0.3 is 4.90 Å². The summed E-state index contributed by atoms with van der Waals surface area (Å²) in [6.45, 7) is 0.614. The van der Waals surface area contributed by atoms with Crippen LogP contribution in [0.5, 0.6) is 0 Å². The molecule has 1 amide bonds. The lowest BCUT2D eigenvalue weighted by Gasteiger charge is -2.30. The van der Waals surface area contributed by atoms with E-state index in [1.165, 1.54) is 24.3 Å². The molecule has 0 atom stereocenters. The van der Waals surface area contributed by atoms with E-state index in [2.05, 4.69) is 0 Å². The molecule has 0 unspecified atom stereocenters. The van der Waals surface area contributed by atoms with Crippen molar-refractivity contribution in [1.29, 1.82) is 0 Å². The van der Waals surface area contributed by atoms with E-state index in [1.54, 1.807) is 4.90 Å². The molecule has 1 aliphatic heterocycles. The minimum atomic E-state index is -0.482. The van der Waals surface area contributed by atoms with Crippen molar-refractivity contribution >= 4 is 28.9 Å². The van der Waals surface area contributed by atoms with Gasteiger partial charge in [-0.15, -0.1) is 0 Å². The van der Waals surface area contributed by atoms with E-state index >= 15 is 0 Å². The molecule has 0 fully saturated rings. The van der Waals surface area contributed by atoms with Gasteiger partial charge in [0.1, 0.15) is 0 Å². The van der Waals surface area contributed by atoms with Gasteiger partial charge >= 0.3 is 0 Å². The molecule has 0 aromatic heterocycles. The van der Waals surface area contributed by atoms with Gasteiger partial charge in [0.15, 0.2) is 0 Å². The van der Waals surface area contributed by atoms with Crippen LogP contribution >= 0.6 is 11.6 Å². The molecule has 0 saturated carbocycles. The number of amides is 1. The summed E-state index contributed by atoms with van der Waals surface area (Å²) in [5.41, 5.74) is 2.20. The summed E-state index contributed by atoms with van der Waals surface area (Å²) in [5.74, 6) is -0.168. The molecule has 0 aliphatic carbocycles. The number of carbonyl (C=O) groups is 1. The van der Waals surface area contributed by atoms with Crippen LogP contribution in [0, 0.1) is 10.1 Å². The number of hydrogen-bond acceptors (Lipinski definition) is 3. The molecule has 22 heavy (non-hydrogen) atoms. The lowest BCUT2D eigenvalue weighted by Crippen LogP contribution is -2.35. The second kappa shape index (κ2) is 5.77. The Morgan fingerprint density at radius 1 is 1.18 bits per heavy atom. The quantitative estimate of drug-likeness (QED) is 0.624. The van der Waals surface area contributed by atoms with Gasteiger partial charge in [0.25, 0.3) is 11.6 Å². The molecular weight excluding hydrogens is 304 g/mol. The van der Waals surface area contributed by atoms with E-state index < -0.39 is 4.92 Å². The van der Waals surface area contributed by atoms with Gasteiger partial charge in [0.05, 0.1) is 4.92 Å². The number of halogens is 1. The Hall–Kier alpha value is -2.40. The Kier molecular flexibility index (Phi) is 3.81. The van der Waals surface area contributed by atoms with Crippen LogP contribution in [0.15, 0.2) is 42.5 Å². The molecule has 2 aromatic rings. The molecule has 112 valence electrons. The number of fused-ring (bicyclic) bond motifs is 1. The third kappa shape index (κ3) is 2.55. The van der Waals surface area contributed by atoms with Crippen LogP contribution in [-0.4, -0.2) is 17.4 Å². The van der Waals surface area contributed by atoms with Gasteiger partial charge in [-0.2, -0.15) is 0 Å². The topological polar surface area (TPSA) is 63.4 Å². The first-order chi connectivity index (χ1) is 10.6. The summed E-state index contributed by atoms with van der Waals surface area (Å²) in [6, 6.07) is 11.2. The Morgan fingerprint density at radius 2 is 1.91 bits per heavy atom. The van der Waals surface area contributed by atoms with Crippen LogP contribution in [0.4, 0.5) is 11.4 Å². The van der Waals surface area contributed by atoms with Crippen molar-refractivity contribution in [3.63, 3.8) is 0 Å². The number of benzene rings is 2. The first kappa shape index (κ1) is 14.5. The van der Waals surface area contributed by atoms with Crippen molar-refractivity contribution in [2.45, 2.75) is 12.8 Å². The zero-order chi connectivity index (χ0) is 15.7. The number of hydrogen-bond donors (Lipinski definition) is 0. The van der Waals surface area contributed by atoms with Gasteiger partial charge in [-0.25, -0.2) is 0 Å². The molecule has 0 bridgehead atoms. The molecule has 3 rings (SSSR count). The fraction of sp³-hybridized carbons (Fsp3) is 0.188. The third-order valence-corrected chi connectivity index (χ3v) is 4.12. The standard InChI is InChI=1S/C16H13ClN2O3/c17-14-4-1-5-15-13(14)3-2-10-18(15)16(20)11-6-8-12(9-7-11)19(21)22/h1,4-9H,2-3,10H2. The smallest absolute Gasteiger partial charge is 0.269 e. The van der Waals surface area contributed by atoms with Gasteiger partial charge in [-0.1, -0.05) is 17.7 Å². The molecule has 5 nitrogen and oxygen atoms in total. The molecule has 0 radical (unpaired) electrons. The number of anilines is 1. The van der Waals surface area contributed by atoms with Crippen LogP contribution in [0.1, 0.15) is 22.3 Å². The van der Waals surface area contributed by atoms with Gasteiger partial charge in [0.2, 0.25) is 0 Å². The van der Waals surface area contributed by atoms with Gasteiger partial charge in [0, 0.05) is 35.0 Å². The Morgan fingerprint density at radius 3 is 2.59 bits per heavy atom. The molecule has 1 heterocycles. The largest absolute Gasteiger partial charge is 0.308 e. The lowest BCUT2D eigenvalue weighted by atomic mass is 10.0. The average molecular weight is 317 g/mol. The second-order valence-electron chi connectivity index (χ2n) is 5.10. The molecule has 0 saturated heterocycles. The van der Waals surface area contributed by atoms with Crippen molar-refractivity contribution in [3.05, 3.63) is 68.7 Å². The summed E-state index contributed by atoms with van der Waals surface area (Å²) in [5, 5.41) is 11.3. The highest BCUT2D eigenvalue weighted by molar-refractivity contribution is 6.32. The summed E-state index contributed by atoms with van der Waals surface area (Å²) < 4.78 is 0. The van der Waals surface area contributed by atoms with Crippen LogP contribution in [0.25, 0.3) is 0 Å². The zero-order valence-corrected chi connectivity index (χ0v) is 12.4. The number of nitro groups is 1. The third-order valence-electron chi connectivity index (χ3n) is 3.76. The molecule has 6 heteroatoms. The predicted octanol–water partition coefficient (Wildman–Crippen LogP) is 3.84. The SMILES string of the molecule is O=C(c1ccc([N+](=O)[O-])cc1)N1CCCc2c(Cl)cccc21. The van der Waals surface area contributed by atoms with Crippen LogP contribution in [0.3, 0.4) is 0 Å². The maximum absolute atomic E-state index is 12.7. The first-order valence-corrected chi connectivity index (χ1v) is 7.29. The highest BCUT2D eigenvalue weighted by Crippen LogP contribution is 2.33. The summed E-state index contributed by atoms with van der Waals surface area (Å²) in [4.78, 5) is 24.6. The monoisotopic (exact) mass is 316 g/mol. The van der Waals surface area contributed by atoms with E-state index in [-0.39, 0.29) is 11.6 Å². The zero-order valence-electron chi connectivity index (χ0n) is 11.7. The minimum Gasteiger partial charge on any atom is -0.308 e. The fourth-order valence-corrected chi connectivity index (χ4v) is 2.94. The maximum atomic E-state index is 12.7. The number of carbonyl (C=O) groups excluding carboxylic acids is 1. The molecule has 1 aliphatic rings.